The average Bonchev–Trinajstić information content (AvgIpc) is 2.78. The van der Waals surface area contributed by atoms with E-state index in [1.54, 1.807) is 7.11 Å². The van der Waals surface area contributed by atoms with Crippen molar-refractivity contribution in [3.05, 3.63) is 51.1 Å². The van der Waals surface area contributed by atoms with Crippen molar-refractivity contribution in [2.75, 3.05) is 7.11 Å². The summed E-state index contributed by atoms with van der Waals surface area (Å²) in [5.74, 6) is 0.970. The van der Waals surface area contributed by atoms with E-state index in [9.17, 15) is 0 Å². The van der Waals surface area contributed by atoms with Crippen molar-refractivity contribution in [3.63, 3.8) is 0 Å². The van der Waals surface area contributed by atoms with E-state index in [1.165, 1.54) is 51.5 Å². The molecule has 0 heterocycles. The van der Waals surface area contributed by atoms with Crippen LogP contribution in [0, 0.1) is 3.57 Å². The summed E-state index contributed by atoms with van der Waals surface area (Å²) in [6.07, 6.45) is 4.80. The molecule has 1 nitrogen and oxygen atoms in total. The number of methoxy groups -OCH3 is 1. The molecule has 22 heavy (non-hydrogen) atoms. The lowest BCUT2D eigenvalue weighted by Crippen LogP contribution is -2.25. The van der Waals surface area contributed by atoms with E-state index in [-0.39, 0.29) is 5.41 Å². The molecule has 0 spiro atoms. The summed E-state index contributed by atoms with van der Waals surface area (Å²) in [5, 5.41) is 0. The van der Waals surface area contributed by atoms with Gasteiger partial charge in [0.05, 0.1) is 7.11 Å². The molecular formula is C20H23IO. The first-order valence-corrected chi connectivity index (χ1v) is 9.23. The molecule has 0 bridgehead atoms. The molecule has 2 heteroatoms. The van der Waals surface area contributed by atoms with Gasteiger partial charge in [-0.1, -0.05) is 38.8 Å². The zero-order valence-corrected chi connectivity index (χ0v) is 15.7. The molecule has 3 rings (SSSR count). The molecule has 0 aromatic heterocycles. The zero-order chi connectivity index (χ0) is 15.7. The number of rotatable bonds is 5. The summed E-state index contributed by atoms with van der Waals surface area (Å²) in [6, 6.07) is 13.5. The van der Waals surface area contributed by atoms with Crippen molar-refractivity contribution in [3.8, 4) is 16.9 Å². The number of hydrogen-bond donors (Lipinski definition) is 0. The van der Waals surface area contributed by atoms with E-state index in [2.05, 4.69) is 72.8 Å². The highest BCUT2D eigenvalue weighted by Gasteiger charge is 2.42. The van der Waals surface area contributed by atoms with E-state index < -0.39 is 0 Å². The number of halogens is 1. The maximum atomic E-state index is 5.51. The fourth-order valence-corrected chi connectivity index (χ4v) is 4.58. The lowest BCUT2D eigenvalue weighted by Gasteiger charge is -2.32. The van der Waals surface area contributed by atoms with Crippen molar-refractivity contribution in [1.82, 2.24) is 0 Å². The predicted octanol–water partition coefficient (Wildman–Crippen LogP) is 6.17. The van der Waals surface area contributed by atoms with Gasteiger partial charge in [-0.2, -0.15) is 0 Å². The molecule has 0 aliphatic heterocycles. The van der Waals surface area contributed by atoms with E-state index >= 15 is 0 Å². The van der Waals surface area contributed by atoms with Crippen molar-refractivity contribution in [2.45, 2.75) is 44.9 Å². The van der Waals surface area contributed by atoms with Gasteiger partial charge in [0.1, 0.15) is 5.75 Å². The Morgan fingerprint density at radius 3 is 2.09 bits per heavy atom. The molecule has 0 unspecified atom stereocenters. The maximum absolute atomic E-state index is 5.51. The Bertz CT molecular complexity index is 684. The van der Waals surface area contributed by atoms with Crippen molar-refractivity contribution in [1.29, 1.82) is 0 Å². The van der Waals surface area contributed by atoms with Crippen LogP contribution in [-0.2, 0) is 5.41 Å². The van der Waals surface area contributed by atoms with Gasteiger partial charge in [0.2, 0.25) is 0 Å². The molecule has 1 aliphatic carbocycles. The molecule has 0 saturated carbocycles. The second kappa shape index (κ2) is 6.23. The van der Waals surface area contributed by atoms with Crippen LogP contribution in [-0.4, -0.2) is 7.11 Å². The Morgan fingerprint density at radius 1 is 0.909 bits per heavy atom. The number of benzene rings is 2. The van der Waals surface area contributed by atoms with E-state index in [4.69, 9.17) is 4.74 Å². The Hall–Kier alpha value is -1.03. The second-order valence-corrected chi connectivity index (χ2v) is 7.43. The Labute approximate surface area is 147 Å². The largest absolute Gasteiger partial charge is 0.497 e. The number of fused-ring (bicyclic) bond motifs is 3. The first kappa shape index (κ1) is 15.9. The third kappa shape index (κ3) is 2.36. The first-order chi connectivity index (χ1) is 10.7. The summed E-state index contributed by atoms with van der Waals surface area (Å²) in [4.78, 5) is 0. The van der Waals surface area contributed by atoms with Crippen LogP contribution in [0.2, 0.25) is 0 Å². The van der Waals surface area contributed by atoms with Crippen LogP contribution < -0.4 is 4.74 Å². The highest BCUT2D eigenvalue weighted by atomic mass is 127. The quantitative estimate of drug-likeness (QED) is 0.540. The Kier molecular flexibility index (Phi) is 4.49. The SMILES string of the molecule is CCCC1(CCC)c2cc(I)ccc2-c2ccc(OC)cc21. The minimum Gasteiger partial charge on any atom is -0.497 e. The van der Waals surface area contributed by atoms with Gasteiger partial charge in [0, 0.05) is 8.99 Å². The lowest BCUT2D eigenvalue weighted by atomic mass is 9.71. The van der Waals surface area contributed by atoms with Gasteiger partial charge in [-0.15, -0.1) is 0 Å². The fourth-order valence-electron chi connectivity index (χ4n) is 4.09. The number of hydrogen-bond acceptors (Lipinski definition) is 1. The smallest absolute Gasteiger partial charge is 0.119 e. The summed E-state index contributed by atoms with van der Waals surface area (Å²) < 4.78 is 6.84. The van der Waals surface area contributed by atoms with Crippen molar-refractivity contribution in [2.24, 2.45) is 0 Å². The monoisotopic (exact) mass is 406 g/mol. The van der Waals surface area contributed by atoms with Crippen LogP contribution in [0.5, 0.6) is 5.75 Å². The highest BCUT2D eigenvalue weighted by molar-refractivity contribution is 14.1. The van der Waals surface area contributed by atoms with Gasteiger partial charge in [0.25, 0.3) is 0 Å². The summed E-state index contributed by atoms with van der Waals surface area (Å²) >= 11 is 2.44. The standard InChI is InChI=1S/C20H23IO/c1-4-10-20(11-5-2)18-12-14(21)6-8-16(18)17-9-7-15(22-3)13-19(17)20/h6-9,12-13H,4-5,10-11H2,1-3H3. The molecule has 2 aromatic carbocycles. The van der Waals surface area contributed by atoms with E-state index in [0.717, 1.165) is 5.75 Å². The second-order valence-electron chi connectivity index (χ2n) is 6.18. The molecule has 0 amide bonds. The van der Waals surface area contributed by atoms with Crippen molar-refractivity contribution < 1.29 is 4.74 Å². The van der Waals surface area contributed by atoms with Gasteiger partial charge in [0.15, 0.2) is 0 Å². The molecule has 2 aromatic rings. The normalized spacial score (nSPS) is 14.5. The topological polar surface area (TPSA) is 9.23 Å². The van der Waals surface area contributed by atoms with Crippen LogP contribution in [0.15, 0.2) is 36.4 Å². The first-order valence-electron chi connectivity index (χ1n) is 8.15. The van der Waals surface area contributed by atoms with Gasteiger partial charge in [-0.25, -0.2) is 0 Å². The fraction of sp³-hybridized carbons (Fsp3) is 0.400. The molecule has 0 N–H and O–H groups in total. The maximum Gasteiger partial charge on any atom is 0.119 e. The van der Waals surface area contributed by atoms with E-state index in [0.29, 0.717) is 0 Å². The molecule has 1 aliphatic rings. The minimum absolute atomic E-state index is 0.157. The minimum atomic E-state index is 0.157. The highest BCUT2D eigenvalue weighted by Crippen LogP contribution is 2.54. The van der Waals surface area contributed by atoms with Crippen LogP contribution in [0.4, 0.5) is 0 Å². The third-order valence-corrected chi connectivity index (χ3v) is 5.55. The van der Waals surface area contributed by atoms with E-state index in [1.807, 2.05) is 0 Å². The average molecular weight is 406 g/mol. The third-order valence-electron chi connectivity index (χ3n) is 4.88. The summed E-state index contributed by atoms with van der Waals surface area (Å²) in [5.41, 5.74) is 5.96. The van der Waals surface area contributed by atoms with Crippen LogP contribution in [0.3, 0.4) is 0 Å². The van der Waals surface area contributed by atoms with Crippen LogP contribution >= 0.6 is 22.6 Å². The molecule has 0 radical (unpaired) electrons. The van der Waals surface area contributed by atoms with Gasteiger partial charge in [-0.3, -0.25) is 0 Å². The molecular weight excluding hydrogens is 383 g/mol. The Balaban J connectivity index is 2.30. The molecule has 0 fully saturated rings. The van der Waals surface area contributed by atoms with Gasteiger partial charge < -0.3 is 4.74 Å². The van der Waals surface area contributed by atoms with Gasteiger partial charge in [-0.05, 0) is 82.0 Å². The molecule has 0 saturated heterocycles. The van der Waals surface area contributed by atoms with Crippen molar-refractivity contribution >= 4 is 22.6 Å². The van der Waals surface area contributed by atoms with Crippen LogP contribution in [0.25, 0.3) is 11.1 Å². The lowest BCUT2D eigenvalue weighted by molar-refractivity contribution is 0.406. The predicted molar refractivity (Wildman–Crippen MR) is 102 cm³/mol. The number of ether oxygens (including phenoxy) is 1. The summed E-state index contributed by atoms with van der Waals surface area (Å²) in [6.45, 7) is 4.59. The van der Waals surface area contributed by atoms with Gasteiger partial charge >= 0.3 is 0 Å². The summed E-state index contributed by atoms with van der Waals surface area (Å²) in [7, 11) is 1.76. The Morgan fingerprint density at radius 2 is 1.50 bits per heavy atom. The molecule has 0 atom stereocenters. The van der Waals surface area contributed by atoms with Crippen LogP contribution in [0.1, 0.15) is 50.7 Å². The zero-order valence-electron chi connectivity index (χ0n) is 13.6. The molecule has 116 valence electrons.